The monoisotopic (exact) mass is 219 g/mol. The van der Waals surface area contributed by atoms with E-state index in [-0.39, 0.29) is 11.4 Å². The SMILES string of the molecule is CCCCCCCCC(N)C(Cl)CC. The van der Waals surface area contributed by atoms with E-state index in [4.69, 9.17) is 17.3 Å². The number of alkyl halides is 1. The fraction of sp³-hybridized carbons (Fsp3) is 1.00. The Labute approximate surface area is 94.4 Å². The van der Waals surface area contributed by atoms with E-state index in [9.17, 15) is 0 Å². The zero-order valence-electron chi connectivity index (χ0n) is 9.77. The molecule has 0 aliphatic heterocycles. The van der Waals surface area contributed by atoms with Crippen LogP contribution < -0.4 is 5.73 Å². The van der Waals surface area contributed by atoms with Gasteiger partial charge in [0.15, 0.2) is 0 Å². The quantitative estimate of drug-likeness (QED) is 0.459. The van der Waals surface area contributed by atoms with Crippen LogP contribution in [0.4, 0.5) is 0 Å². The smallest absolute Gasteiger partial charge is 0.0484 e. The van der Waals surface area contributed by atoms with Gasteiger partial charge in [0.2, 0.25) is 0 Å². The molecule has 0 amide bonds. The van der Waals surface area contributed by atoms with Crippen LogP contribution in [0.2, 0.25) is 0 Å². The van der Waals surface area contributed by atoms with Gasteiger partial charge in [-0.3, -0.25) is 0 Å². The Morgan fingerprint density at radius 2 is 1.57 bits per heavy atom. The Bertz CT molecular complexity index is 117. The summed E-state index contributed by atoms with van der Waals surface area (Å²) in [6.07, 6.45) is 10.1. The van der Waals surface area contributed by atoms with E-state index >= 15 is 0 Å². The van der Waals surface area contributed by atoms with Crippen LogP contribution in [0.1, 0.15) is 65.2 Å². The molecule has 1 nitrogen and oxygen atoms in total. The summed E-state index contributed by atoms with van der Waals surface area (Å²) in [5, 5.41) is 0.172. The molecule has 0 aliphatic carbocycles. The second kappa shape index (κ2) is 9.79. The molecule has 0 aromatic rings. The first kappa shape index (κ1) is 14.2. The largest absolute Gasteiger partial charge is 0.326 e. The van der Waals surface area contributed by atoms with E-state index in [1.165, 1.54) is 38.5 Å². The Morgan fingerprint density at radius 1 is 1.00 bits per heavy atom. The molecular formula is C12H26ClN. The third kappa shape index (κ3) is 7.64. The Morgan fingerprint density at radius 3 is 2.14 bits per heavy atom. The van der Waals surface area contributed by atoms with Gasteiger partial charge in [0.25, 0.3) is 0 Å². The highest BCUT2D eigenvalue weighted by Gasteiger charge is 2.11. The second-order valence-corrected chi connectivity index (χ2v) is 4.71. The maximum atomic E-state index is 6.05. The van der Waals surface area contributed by atoms with Crippen LogP contribution >= 0.6 is 11.6 Å². The van der Waals surface area contributed by atoms with Gasteiger partial charge < -0.3 is 5.73 Å². The van der Waals surface area contributed by atoms with Crippen molar-refractivity contribution < 1.29 is 0 Å². The van der Waals surface area contributed by atoms with Crippen molar-refractivity contribution in [2.75, 3.05) is 0 Å². The molecule has 0 bridgehead atoms. The van der Waals surface area contributed by atoms with E-state index in [1.807, 2.05) is 0 Å². The average Bonchev–Trinajstić information content (AvgIpc) is 2.21. The Hall–Kier alpha value is 0.250. The lowest BCUT2D eigenvalue weighted by atomic mass is 10.0. The van der Waals surface area contributed by atoms with Gasteiger partial charge in [-0.05, 0) is 12.8 Å². The van der Waals surface area contributed by atoms with Crippen molar-refractivity contribution in [3.63, 3.8) is 0 Å². The number of unbranched alkanes of at least 4 members (excludes halogenated alkanes) is 5. The molecule has 2 atom stereocenters. The van der Waals surface area contributed by atoms with Crippen molar-refractivity contribution in [2.24, 2.45) is 5.73 Å². The van der Waals surface area contributed by atoms with Crippen molar-refractivity contribution in [3.05, 3.63) is 0 Å². The molecule has 0 aliphatic rings. The van der Waals surface area contributed by atoms with Crippen molar-refractivity contribution in [2.45, 2.75) is 76.6 Å². The summed E-state index contributed by atoms with van der Waals surface area (Å²) in [4.78, 5) is 0. The summed E-state index contributed by atoms with van der Waals surface area (Å²) in [5.41, 5.74) is 5.94. The number of nitrogens with two attached hydrogens (primary N) is 1. The van der Waals surface area contributed by atoms with Gasteiger partial charge >= 0.3 is 0 Å². The summed E-state index contributed by atoms with van der Waals surface area (Å²) in [6.45, 7) is 4.34. The lowest BCUT2D eigenvalue weighted by molar-refractivity contribution is 0.513. The molecule has 0 aromatic carbocycles. The first-order valence-electron chi connectivity index (χ1n) is 6.12. The molecule has 0 saturated carbocycles. The minimum Gasteiger partial charge on any atom is -0.326 e. The third-order valence-corrected chi connectivity index (χ3v) is 3.38. The summed E-state index contributed by atoms with van der Waals surface area (Å²) >= 11 is 6.05. The van der Waals surface area contributed by atoms with Gasteiger partial charge in [0.05, 0.1) is 0 Å². The molecule has 0 heterocycles. The molecule has 0 rings (SSSR count). The topological polar surface area (TPSA) is 26.0 Å². The van der Waals surface area contributed by atoms with Crippen LogP contribution in [0.25, 0.3) is 0 Å². The molecule has 0 fully saturated rings. The molecule has 0 radical (unpaired) electrons. The number of hydrogen-bond donors (Lipinski definition) is 1. The van der Waals surface area contributed by atoms with E-state index < -0.39 is 0 Å². The van der Waals surface area contributed by atoms with E-state index in [0.717, 1.165) is 12.8 Å². The summed E-state index contributed by atoms with van der Waals surface area (Å²) in [5.74, 6) is 0. The molecular weight excluding hydrogens is 194 g/mol. The van der Waals surface area contributed by atoms with Crippen LogP contribution in [0.15, 0.2) is 0 Å². The summed E-state index contributed by atoms with van der Waals surface area (Å²) < 4.78 is 0. The van der Waals surface area contributed by atoms with Gasteiger partial charge in [-0.2, -0.15) is 0 Å². The summed E-state index contributed by atoms with van der Waals surface area (Å²) in [7, 11) is 0. The van der Waals surface area contributed by atoms with Crippen LogP contribution in [-0.2, 0) is 0 Å². The predicted molar refractivity (Wildman–Crippen MR) is 65.9 cm³/mol. The average molecular weight is 220 g/mol. The van der Waals surface area contributed by atoms with Crippen molar-refractivity contribution in [1.29, 1.82) is 0 Å². The highest BCUT2D eigenvalue weighted by Crippen LogP contribution is 2.13. The van der Waals surface area contributed by atoms with Gasteiger partial charge in [-0.1, -0.05) is 52.4 Å². The van der Waals surface area contributed by atoms with Crippen LogP contribution in [0.5, 0.6) is 0 Å². The molecule has 14 heavy (non-hydrogen) atoms. The normalized spacial score (nSPS) is 15.4. The summed E-state index contributed by atoms with van der Waals surface area (Å²) in [6, 6.07) is 0.202. The Kier molecular flexibility index (Phi) is 9.97. The van der Waals surface area contributed by atoms with Crippen LogP contribution in [0.3, 0.4) is 0 Å². The standard InChI is InChI=1S/C12H26ClN/c1-3-5-6-7-8-9-10-12(14)11(13)4-2/h11-12H,3-10,14H2,1-2H3. The number of rotatable bonds is 9. The molecule has 86 valence electrons. The third-order valence-electron chi connectivity index (χ3n) is 2.75. The molecule has 0 saturated heterocycles. The fourth-order valence-electron chi connectivity index (χ4n) is 1.64. The molecule has 0 aromatic heterocycles. The van der Waals surface area contributed by atoms with Gasteiger partial charge in [0.1, 0.15) is 0 Å². The van der Waals surface area contributed by atoms with Crippen LogP contribution in [-0.4, -0.2) is 11.4 Å². The maximum absolute atomic E-state index is 6.05. The van der Waals surface area contributed by atoms with E-state index in [0.29, 0.717) is 0 Å². The minimum atomic E-state index is 0.172. The number of hydrogen-bond acceptors (Lipinski definition) is 1. The second-order valence-electron chi connectivity index (χ2n) is 4.14. The lowest BCUT2D eigenvalue weighted by Crippen LogP contribution is -2.30. The first-order valence-corrected chi connectivity index (χ1v) is 6.55. The lowest BCUT2D eigenvalue weighted by Gasteiger charge is -2.15. The maximum Gasteiger partial charge on any atom is 0.0484 e. The first-order chi connectivity index (χ1) is 6.72. The zero-order chi connectivity index (χ0) is 10.8. The predicted octanol–water partition coefficient (Wildman–Crippen LogP) is 4.08. The van der Waals surface area contributed by atoms with Crippen molar-refractivity contribution >= 4 is 11.6 Å². The Balaban J connectivity index is 3.18. The number of halogens is 1. The van der Waals surface area contributed by atoms with Gasteiger partial charge in [-0.15, -0.1) is 11.6 Å². The molecule has 2 N–H and O–H groups in total. The van der Waals surface area contributed by atoms with Crippen molar-refractivity contribution in [1.82, 2.24) is 0 Å². The highest BCUT2D eigenvalue weighted by atomic mass is 35.5. The van der Waals surface area contributed by atoms with Crippen LogP contribution in [0, 0.1) is 0 Å². The fourth-order valence-corrected chi connectivity index (χ4v) is 1.77. The molecule has 2 heteroatoms. The molecule has 0 spiro atoms. The minimum absolute atomic E-state index is 0.172. The van der Waals surface area contributed by atoms with E-state index in [1.54, 1.807) is 0 Å². The van der Waals surface area contributed by atoms with E-state index in [2.05, 4.69) is 13.8 Å². The van der Waals surface area contributed by atoms with Gasteiger partial charge in [-0.25, -0.2) is 0 Å². The van der Waals surface area contributed by atoms with Crippen molar-refractivity contribution in [3.8, 4) is 0 Å². The zero-order valence-corrected chi connectivity index (χ0v) is 10.5. The highest BCUT2D eigenvalue weighted by molar-refractivity contribution is 6.21. The molecule has 2 unspecified atom stereocenters. The van der Waals surface area contributed by atoms with Gasteiger partial charge in [0, 0.05) is 11.4 Å².